The molecule has 27 heavy (non-hydrogen) atoms. The van der Waals surface area contributed by atoms with E-state index in [1.165, 1.54) is 13.2 Å². The second-order valence-corrected chi connectivity index (χ2v) is 6.00. The van der Waals surface area contributed by atoms with E-state index in [2.05, 4.69) is 5.32 Å². The van der Waals surface area contributed by atoms with Gasteiger partial charge in [-0.05, 0) is 36.4 Å². The molecule has 0 unspecified atom stereocenters. The highest BCUT2D eigenvalue weighted by Crippen LogP contribution is 2.26. The van der Waals surface area contributed by atoms with E-state index in [-0.39, 0.29) is 5.57 Å². The molecule has 3 aromatic rings. The standard InChI is InChI=1S/C21H15ClN2O3/c1-26-18-7-3-6-17(12-18)24-21(25)15(13-23)11-19-8-9-20(27-19)14-4-2-5-16(22)10-14/h2-12H,1H3,(H,24,25)/b15-11-. The van der Waals surface area contributed by atoms with Crippen molar-refractivity contribution in [3.05, 3.63) is 77.0 Å². The molecule has 0 bridgehead atoms. The zero-order chi connectivity index (χ0) is 19.2. The van der Waals surface area contributed by atoms with E-state index in [1.807, 2.05) is 18.2 Å². The van der Waals surface area contributed by atoms with E-state index in [9.17, 15) is 10.1 Å². The van der Waals surface area contributed by atoms with Gasteiger partial charge < -0.3 is 14.5 Å². The largest absolute Gasteiger partial charge is 0.497 e. The van der Waals surface area contributed by atoms with Gasteiger partial charge in [0.1, 0.15) is 28.9 Å². The Balaban J connectivity index is 1.80. The molecule has 0 spiro atoms. The van der Waals surface area contributed by atoms with Gasteiger partial charge in [-0.1, -0.05) is 29.8 Å². The van der Waals surface area contributed by atoms with Crippen LogP contribution >= 0.6 is 11.6 Å². The fourth-order valence-electron chi connectivity index (χ4n) is 2.42. The van der Waals surface area contributed by atoms with E-state index in [0.717, 1.165) is 5.56 Å². The summed E-state index contributed by atoms with van der Waals surface area (Å²) in [4.78, 5) is 12.4. The van der Waals surface area contributed by atoms with Crippen molar-refractivity contribution in [2.45, 2.75) is 0 Å². The number of ether oxygens (including phenoxy) is 1. The highest BCUT2D eigenvalue weighted by molar-refractivity contribution is 6.30. The lowest BCUT2D eigenvalue weighted by Gasteiger charge is -2.06. The van der Waals surface area contributed by atoms with Crippen molar-refractivity contribution in [2.24, 2.45) is 0 Å². The number of hydrogen-bond donors (Lipinski definition) is 1. The van der Waals surface area contributed by atoms with E-state index in [1.54, 1.807) is 48.5 Å². The van der Waals surface area contributed by atoms with Crippen LogP contribution < -0.4 is 10.1 Å². The van der Waals surface area contributed by atoms with Crippen molar-refractivity contribution < 1.29 is 13.9 Å². The smallest absolute Gasteiger partial charge is 0.266 e. The Kier molecular flexibility index (Phi) is 5.60. The highest BCUT2D eigenvalue weighted by atomic mass is 35.5. The van der Waals surface area contributed by atoms with Gasteiger partial charge in [-0.15, -0.1) is 0 Å². The molecule has 0 fully saturated rings. The minimum absolute atomic E-state index is 0.0789. The molecule has 1 N–H and O–H groups in total. The third-order valence-corrected chi connectivity index (χ3v) is 3.95. The predicted octanol–water partition coefficient (Wildman–Crippen LogP) is 5.15. The average Bonchev–Trinajstić information content (AvgIpc) is 3.15. The summed E-state index contributed by atoms with van der Waals surface area (Å²) in [6.45, 7) is 0. The summed E-state index contributed by atoms with van der Waals surface area (Å²) < 4.78 is 10.8. The summed E-state index contributed by atoms with van der Waals surface area (Å²) in [5.74, 6) is 1.05. The number of carbonyl (C=O) groups excluding carboxylic acids is 1. The van der Waals surface area contributed by atoms with E-state index >= 15 is 0 Å². The van der Waals surface area contributed by atoms with Crippen LogP contribution in [0.1, 0.15) is 5.76 Å². The molecule has 2 aromatic carbocycles. The lowest BCUT2D eigenvalue weighted by molar-refractivity contribution is -0.112. The molecule has 6 heteroatoms. The highest BCUT2D eigenvalue weighted by Gasteiger charge is 2.12. The number of furan rings is 1. The molecule has 5 nitrogen and oxygen atoms in total. The van der Waals surface area contributed by atoms with Crippen molar-refractivity contribution in [1.29, 1.82) is 5.26 Å². The van der Waals surface area contributed by atoms with Crippen LogP contribution in [0.4, 0.5) is 5.69 Å². The maximum absolute atomic E-state index is 12.4. The first-order valence-corrected chi connectivity index (χ1v) is 8.40. The zero-order valence-corrected chi connectivity index (χ0v) is 15.2. The Morgan fingerprint density at radius 2 is 2.00 bits per heavy atom. The second-order valence-electron chi connectivity index (χ2n) is 5.57. The third kappa shape index (κ3) is 4.57. The number of nitrogens with one attached hydrogen (secondary N) is 1. The Hall–Kier alpha value is -3.49. The van der Waals surface area contributed by atoms with Crippen molar-refractivity contribution >= 4 is 29.3 Å². The molecule has 0 saturated carbocycles. The number of hydrogen-bond acceptors (Lipinski definition) is 4. The monoisotopic (exact) mass is 378 g/mol. The number of nitrogens with zero attached hydrogens (tertiary/aromatic N) is 1. The lowest BCUT2D eigenvalue weighted by atomic mass is 10.2. The van der Waals surface area contributed by atoms with Crippen molar-refractivity contribution in [2.75, 3.05) is 12.4 Å². The van der Waals surface area contributed by atoms with Gasteiger partial charge in [-0.25, -0.2) is 0 Å². The maximum atomic E-state index is 12.4. The summed E-state index contributed by atoms with van der Waals surface area (Å²) in [7, 11) is 1.54. The fourth-order valence-corrected chi connectivity index (χ4v) is 2.61. The molecule has 0 radical (unpaired) electrons. The maximum Gasteiger partial charge on any atom is 0.266 e. The third-order valence-electron chi connectivity index (χ3n) is 3.72. The van der Waals surface area contributed by atoms with Crippen LogP contribution in [0.15, 0.2) is 70.7 Å². The van der Waals surface area contributed by atoms with Gasteiger partial charge in [0.2, 0.25) is 0 Å². The SMILES string of the molecule is COc1cccc(NC(=O)/C(C#N)=C\c2ccc(-c3cccc(Cl)c3)o2)c1. The first-order chi connectivity index (χ1) is 13.1. The summed E-state index contributed by atoms with van der Waals surface area (Å²) >= 11 is 5.99. The van der Waals surface area contributed by atoms with E-state index in [0.29, 0.717) is 28.0 Å². The van der Waals surface area contributed by atoms with Crippen LogP contribution in [0, 0.1) is 11.3 Å². The van der Waals surface area contributed by atoms with Crippen LogP contribution in [0.5, 0.6) is 5.75 Å². The quantitative estimate of drug-likeness (QED) is 0.491. The molecule has 1 aromatic heterocycles. The van der Waals surface area contributed by atoms with Crippen LogP contribution in [0.2, 0.25) is 5.02 Å². The van der Waals surface area contributed by atoms with Crippen molar-refractivity contribution in [3.63, 3.8) is 0 Å². The van der Waals surface area contributed by atoms with Crippen molar-refractivity contribution in [3.8, 4) is 23.1 Å². The molecule has 0 aliphatic carbocycles. The molecule has 0 saturated heterocycles. The number of benzene rings is 2. The number of carbonyl (C=O) groups is 1. The summed E-state index contributed by atoms with van der Waals surface area (Å²) in [6, 6.07) is 19.4. The lowest BCUT2D eigenvalue weighted by Crippen LogP contribution is -2.13. The van der Waals surface area contributed by atoms with Crippen LogP contribution in [-0.4, -0.2) is 13.0 Å². The molecule has 0 atom stereocenters. The predicted molar refractivity (Wildman–Crippen MR) is 104 cm³/mol. The van der Waals surface area contributed by atoms with Gasteiger partial charge in [0.25, 0.3) is 5.91 Å². The number of anilines is 1. The molecular weight excluding hydrogens is 364 g/mol. The molecule has 134 valence electrons. The molecule has 0 aliphatic heterocycles. The topological polar surface area (TPSA) is 75.3 Å². The molecule has 3 rings (SSSR count). The summed E-state index contributed by atoms with van der Waals surface area (Å²) in [6.07, 6.45) is 1.39. The summed E-state index contributed by atoms with van der Waals surface area (Å²) in [5, 5.41) is 12.6. The van der Waals surface area contributed by atoms with Crippen LogP contribution in [-0.2, 0) is 4.79 Å². The minimum atomic E-state index is -0.536. The Bertz CT molecular complexity index is 1050. The number of rotatable bonds is 5. The Morgan fingerprint density at radius 1 is 1.19 bits per heavy atom. The minimum Gasteiger partial charge on any atom is -0.497 e. The van der Waals surface area contributed by atoms with E-state index in [4.69, 9.17) is 20.8 Å². The zero-order valence-electron chi connectivity index (χ0n) is 14.4. The molecule has 1 heterocycles. The van der Waals surface area contributed by atoms with Gasteiger partial charge in [-0.2, -0.15) is 5.26 Å². The van der Waals surface area contributed by atoms with Crippen molar-refractivity contribution in [1.82, 2.24) is 0 Å². The number of nitriles is 1. The van der Waals surface area contributed by atoms with Crippen LogP contribution in [0.3, 0.4) is 0 Å². The average molecular weight is 379 g/mol. The van der Waals surface area contributed by atoms with Crippen LogP contribution in [0.25, 0.3) is 17.4 Å². The first-order valence-electron chi connectivity index (χ1n) is 8.02. The number of amides is 1. The van der Waals surface area contributed by atoms with Gasteiger partial charge in [0, 0.05) is 28.4 Å². The second kappa shape index (κ2) is 8.26. The molecular formula is C21H15ClN2O3. The molecule has 1 amide bonds. The van der Waals surface area contributed by atoms with Gasteiger partial charge in [-0.3, -0.25) is 4.79 Å². The first kappa shape index (κ1) is 18.3. The number of methoxy groups -OCH3 is 1. The molecule has 0 aliphatic rings. The van der Waals surface area contributed by atoms with Gasteiger partial charge >= 0.3 is 0 Å². The van der Waals surface area contributed by atoms with Gasteiger partial charge in [0.15, 0.2) is 0 Å². The Labute approximate surface area is 161 Å². The summed E-state index contributed by atoms with van der Waals surface area (Å²) in [5.41, 5.74) is 1.26. The Morgan fingerprint density at radius 3 is 2.74 bits per heavy atom. The fraction of sp³-hybridized carbons (Fsp3) is 0.0476. The normalized spacial score (nSPS) is 10.9. The van der Waals surface area contributed by atoms with E-state index < -0.39 is 5.91 Å². The number of halogens is 1. The van der Waals surface area contributed by atoms with Gasteiger partial charge in [0.05, 0.1) is 7.11 Å².